The molecule has 0 bridgehead atoms. The van der Waals surface area contributed by atoms with Gasteiger partial charge in [0, 0.05) is 32.4 Å². The van der Waals surface area contributed by atoms with Gasteiger partial charge in [0.1, 0.15) is 5.82 Å². The SMILES string of the molecule is C=CCN(CCOC)c1cc(CNCC)cc(C(C)C)n1. The molecule has 1 aromatic heterocycles. The van der Waals surface area contributed by atoms with Crippen molar-refractivity contribution in [2.75, 3.05) is 38.3 Å². The van der Waals surface area contributed by atoms with Gasteiger partial charge >= 0.3 is 0 Å². The van der Waals surface area contributed by atoms with Gasteiger partial charge < -0.3 is 15.0 Å². The molecule has 21 heavy (non-hydrogen) atoms. The number of pyridine rings is 1. The first kappa shape index (κ1) is 17.7. The molecule has 1 rings (SSSR count). The normalized spacial score (nSPS) is 10.9. The second-order valence-electron chi connectivity index (χ2n) is 5.42. The van der Waals surface area contributed by atoms with Crippen LogP contribution < -0.4 is 10.2 Å². The Hall–Kier alpha value is -1.39. The van der Waals surface area contributed by atoms with Gasteiger partial charge in [-0.25, -0.2) is 4.98 Å². The van der Waals surface area contributed by atoms with Gasteiger partial charge in [-0.1, -0.05) is 26.8 Å². The third kappa shape index (κ3) is 5.86. The summed E-state index contributed by atoms with van der Waals surface area (Å²) in [4.78, 5) is 7.01. The lowest BCUT2D eigenvalue weighted by Gasteiger charge is -2.24. The number of rotatable bonds is 10. The van der Waals surface area contributed by atoms with Crippen LogP contribution in [0.3, 0.4) is 0 Å². The molecule has 118 valence electrons. The van der Waals surface area contributed by atoms with Gasteiger partial charge in [-0.2, -0.15) is 0 Å². The second kappa shape index (κ2) is 9.53. The zero-order valence-corrected chi connectivity index (χ0v) is 13.9. The lowest BCUT2D eigenvalue weighted by molar-refractivity contribution is 0.205. The number of ether oxygens (including phenoxy) is 1. The molecule has 0 amide bonds. The van der Waals surface area contributed by atoms with Crippen LogP contribution in [0.5, 0.6) is 0 Å². The number of aromatic nitrogens is 1. The van der Waals surface area contributed by atoms with E-state index >= 15 is 0 Å². The quantitative estimate of drug-likeness (QED) is 0.673. The van der Waals surface area contributed by atoms with E-state index < -0.39 is 0 Å². The van der Waals surface area contributed by atoms with Crippen LogP contribution >= 0.6 is 0 Å². The summed E-state index contributed by atoms with van der Waals surface area (Å²) in [5.74, 6) is 1.42. The van der Waals surface area contributed by atoms with Gasteiger partial charge in [0.15, 0.2) is 0 Å². The molecule has 0 atom stereocenters. The Kier molecular flexibility index (Phi) is 8.01. The zero-order valence-electron chi connectivity index (χ0n) is 13.9. The summed E-state index contributed by atoms with van der Waals surface area (Å²) in [5.41, 5.74) is 2.41. The molecule has 0 unspecified atom stereocenters. The average Bonchev–Trinajstić information content (AvgIpc) is 2.49. The second-order valence-corrected chi connectivity index (χ2v) is 5.42. The molecular formula is C17H29N3O. The number of nitrogens with one attached hydrogen (secondary N) is 1. The lowest BCUT2D eigenvalue weighted by atomic mass is 10.1. The van der Waals surface area contributed by atoms with Crippen molar-refractivity contribution in [3.05, 3.63) is 36.0 Å². The molecule has 1 N–H and O–H groups in total. The molecule has 0 spiro atoms. The minimum Gasteiger partial charge on any atom is -0.383 e. The Morgan fingerprint density at radius 1 is 1.43 bits per heavy atom. The van der Waals surface area contributed by atoms with E-state index in [1.165, 1.54) is 5.56 Å². The van der Waals surface area contributed by atoms with Crippen molar-refractivity contribution in [2.45, 2.75) is 33.2 Å². The largest absolute Gasteiger partial charge is 0.383 e. The fourth-order valence-electron chi connectivity index (χ4n) is 2.08. The summed E-state index contributed by atoms with van der Waals surface area (Å²) < 4.78 is 5.20. The van der Waals surface area contributed by atoms with Crippen molar-refractivity contribution in [3.8, 4) is 0 Å². The predicted molar refractivity (Wildman–Crippen MR) is 90.0 cm³/mol. The Bertz CT molecular complexity index is 432. The molecular weight excluding hydrogens is 262 g/mol. The van der Waals surface area contributed by atoms with Crippen molar-refractivity contribution in [1.29, 1.82) is 0 Å². The van der Waals surface area contributed by atoms with Crippen molar-refractivity contribution in [3.63, 3.8) is 0 Å². The van der Waals surface area contributed by atoms with Crippen LogP contribution in [0, 0.1) is 0 Å². The van der Waals surface area contributed by atoms with E-state index in [4.69, 9.17) is 9.72 Å². The first-order valence-corrected chi connectivity index (χ1v) is 7.68. The highest BCUT2D eigenvalue weighted by atomic mass is 16.5. The zero-order chi connectivity index (χ0) is 15.7. The highest BCUT2D eigenvalue weighted by Crippen LogP contribution is 2.20. The summed E-state index contributed by atoms with van der Waals surface area (Å²) >= 11 is 0. The Labute approximate surface area is 129 Å². The maximum absolute atomic E-state index is 5.20. The van der Waals surface area contributed by atoms with Gasteiger partial charge in [-0.15, -0.1) is 6.58 Å². The van der Waals surface area contributed by atoms with Gasteiger partial charge in [0.2, 0.25) is 0 Å². The maximum Gasteiger partial charge on any atom is 0.129 e. The molecule has 4 heteroatoms. The molecule has 1 heterocycles. The third-order valence-corrected chi connectivity index (χ3v) is 3.30. The molecule has 0 fully saturated rings. The standard InChI is InChI=1S/C17H29N3O/c1-6-8-20(9-10-21-5)17-12-15(13-18-7-2)11-16(19-17)14(3)4/h6,11-12,14,18H,1,7-10,13H2,2-5H3. The smallest absolute Gasteiger partial charge is 0.129 e. The van der Waals surface area contributed by atoms with Gasteiger partial charge in [0.25, 0.3) is 0 Å². The summed E-state index contributed by atoms with van der Waals surface area (Å²) in [6, 6.07) is 4.35. The summed E-state index contributed by atoms with van der Waals surface area (Å²) in [6.45, 7) is 14.4. The van der Waals surface area contributed by atoms with Gasteiger partial charge in [0.05, 0.1) is 6.61 Å². The fourth-order valence-corrected chi connectivity index (χ4v) is 2.08. The topological polar surface area (TPSA) is 37.4 Å². The van der Waals surface area contributed by atoms with Crippen LogP contribution in [0.25, 0.3) is 0 Å². The van der Waals surface area contributed by atoms with Crippen molar-refractivity contribution in [1.82, 2.24) is 10.3 Å². The summed E-state index contributed by atoms with van der Waals surface area (Å²) in [6.07, 6.45) is 1.91. The minimum atomic E-state index is 0.415. The lowest BCUT2D eigenvalue weighted by Crippen LogP contribution is -2.28. The van der Waals surface area contributed by atoms with Crippen molar-refractivity contribution < 1.29 is 4.74 Å². The van der Waals surface area contributed by atoms with Crippen LogP contribution in [0.15, 0.2) is 24.8 Å². The van der Waals surface area contributed by atoms with E-state index in [9.17, 15) is 0 Å². The molecule has 0 aliphatic rings. The minimum absolute atomic E-state index is 0.415. The first-order chi connectivity index (χ1) is 10.1. The molecule has 0 radical (unpaired) electrons. The molecule has 0 aliphatic carbocycles. The van der Waals surface area contributed by atoms with Crippen molar-refractivity contribution >= 4 is 5.82 Å². The molecule has 0 saturated carbocycles. The Morgan fingerprint density at radius 2 is 2.19 bits per heavy atom. The molecule has 4 nitrogen and oxygen atoms in total. The van der Waals surface area contributed by atoms with E-state index in [1.54, 1.807) is 7.11 Å². The van der Waals surface area contributed by atoms with Crippen LogP contribution in [0.4, 0.5) is 5.82 Å². The molecule has 0 aromatic carbocycles. The van der Waals surface area contributed by atoms with Crippen LogP contribution in [0.1, 0.15) is 37.9 Å². The van der Waals surface area contributed by atoms with E-state index in [1.807, 2.05) is 6.08 Å². The number of hydrogen-bond acceptors (Lipinski definition) is 4. The number of nitrogens with zero attached hydrogens (tertiary/aromatic N) is 2. The maximum atomic E-state index is 5.20. The Balaban J connectivity index is 3.04. The molecule has 0 saturated heterocycles. The third-order valence-electron chi connectivity index (χ3n) is 3.30. The summed E-state index contributed by atoms with van der Waals surface area (Å²) in [7, 11) is 1.72. The molecule has 0 aliphatic heterocycles. The number of anilines is 1. The van der Waals surface area contributed by atoms with E-state index in [2.05, 4.69) is 49.7 Å². The van der Waals surface area contributed by atoms with E-state index in [-0.39, 0.29) is 0 Å². The highest BCUT2D eigenvalue weighted by Gasteiger charge is 2.11. The van der Waals surface area contributed by atoms with Crippen LogP contribution in [0.2, 0.25) is 0 Å². The molecule has 1 aromatic rings. The highest BCUT2D eigenvalue weighted by molar-refractivity contribution is 5.44. The monoisotopic (exact) mass is 291 g/mol. The number of hydrogen-bond donors (Lipinski definition) is 1. The number of methoxy groups -OCH3 is 1. The van der Waals surface area contributed by atoms with Gasteiger partial charge in [-0.05, 0) is 30.2 Å². The van der Waals surface area contributed by atoms with Crippen molar-refractivity contribution in [2.24, 2.45) is 0 Å². The average molecular weight is 291 g/mol. The summed E-state index contributed by atoms with van der Waals surface area (Å²) in [5, 5.41) is 3.38. The van der Waals surface area contributed by atoms with Crippen LogP contribution in [-0.4, -0.2) is 38.3 Å². The Morgan fingerprint density at radius 3 is 2.76 bits per heavy atom. The predicted octanol–water partition coefficient (Wildman–Crippen LogP) is 2.95. The fraction of sp³-hybridized carbons (Fsp3) is 0.588. The van der Waals surface area contributed by atoms with E-state index in [0.717, 1.165) is 37.7 Å². The van der Waals surface area contributed by atoms with Crippen LogP contribution in [-0.2, 0) is 11.3 Å². The first-order valence-electron chi connectivity index (χ1n) is 7.68. The van der Waals surface area contributed by atoms with E-state index in [0.29, 0.717) is 12.5 Å². The van der Waals surface area contributed by atoms with Gasteiger partial charge in [-0.3, -0.25) is 0 Å².